The quantitative estimate of drug-likeness (QED) is 0.383. The highest BCUT2D eigenvalue weighted by atomic mass is 19.2. The van der Waals surface area contributed by atoms with E-state index in [1.54, 1.807) is 24.3 Å². The van der Waals surface area contributed by atoms with Crippen LogP contribution >= 0.6 is 0 Å². The largest absolute Gasteiger partial charge is 0.505 e. The Kier molecular flexibility index (Phi) is 6.35. The number of hydrogen-bond donors (Lipinski definition) is 1. The Morgan fingerprint density at radius 3 is 2.19 bits per heavy atom. The van der Waals surface area contributed by atoms with Gasteiger partial charge in [-0.15, -0.1) is 0 Å². The standard InChI is InChI=1S/C27H24F4O/c1-2-3-16-4-6-17(7-5-16)20-12-13-21(25(29)24(20)28)18-8-10-19(11-9-18)22-14-15-23(32)27(31)26(22)30/h2-3,6,8-16,24-25,32H,4-5,7H2,1H3/b3-2+. The number of benzene rings is 2. The Labute approximate surface area is 185 Å². The van der Waals surface area contributed by atoms with Crippen LogP contribution in [0.5, 0.6) is 5.75 Å². The fraction of sp³-hybridized carbons (Fsp3) is 0.259. The third kappa shape index (κ3) is 4.16. The van der Waals surface area contributed by atoms with Gasteiger partial charge in [0.25, 0.3) is 0 Å². The molecule has 1 nitrogen and oxygen atoms in total. The summed E-state index contributed by atoms with van der Waals surface area (Å²) in [5.41, 5.74) is 2.31. The lowest BCUT2D eigenvalue weighted by Gasteiger charge is -2.28. The number of phenolic OH excluding ortho intramolecular Hbond substituents is 1. The summed E-state index contributed by atoms with van der Waals surface area (Å²) >= 11 is 0. The Morgan fingerprint density at radius 1 is 0.875 bits per heavy atom. The molecule has 0 saturated heterocycles. The van der Waals surface area contributed by atoms with Gasteiger partial charge in [-0.25, -0.2) is 13.2 Å². The van der Waals surface area contributed by atoms with Gasteiger partial charge >= 0.3 is 0 Å². The summed E-state index contributed by atoms with van der Waals surface area (Å²) < 4.78 is 57.9. The number of hydrogen-bond acceptors (Lipinski definition) is 1. The minimum absolute atomic E-state index is 0.0210. The van der Waals surface area contributed by atoms with Crippen molar-refractivity contribution in [2.45, 2.75) is 38.5 Å². The molecule has 0 amide bonds. The van der Waals surface area contributed by atoms with Crippen molar-refractivity contribution in [3.05, 3.63) is 95.1 Å². The molecule has 0 spiro atoms. The minimum atomic E-state index is -1.81. The molecule has 0 heterocycles. The van der Waals surface area contributed by atoms with E-state index in [4.69, 9.17) is 0 Å². The van der Waals surface area contributed by atoms with Crippen molar-refractivity contribution in [2.24, 2.45) is 5.92 Å². The van der Waals surface area contributed by atoms with Crippen LogP contribution in [0.4, 0.5) is 17.6 Å². The van der Waals surface area contributed by atoms with Gasteiger partial charge in [0.2, 0.25) is 5.82 Å². The summed E-state index contributed by atoms with van der Waals surface area (Å²) in [5.74, 6) is -2.80. The topological polar surface area (TPSA) is 20.2 Å². The van der Waals surface area contributed by atoms with E-state index < -0.39 is 29.7 Å². The summed E-state index contributed by atoms with van der Waals surface area (Å²) in [7, 11) is 0. The van der Waals surface area contributed by atoms with Gasteiger partial charge in [0, 0.05) is 5.56 Å². The molecule has 3 unspecified atom stereocenters. The molecular weight excluding hydrogens is 416 g/mol. The maximum atomic E-state index is 15.1. The van der Waals surface area contributed by atoms with Crippen molar-refractivity contribution in [3.8, 4) is 16.9 Å². The minimum Gasteiger partial charge on any atom is -0.505 e. The number of alkyl halides is 2. The average Bonchev–Trinajstić information content (AvgIpc) is 2.81. The lowest BCUT2D eigenvalue weighted by Crippen LogP contribution is -2.25. The second-order valence-corrected chi connectivity index (χ2v) is 8.17. The predicted molar refractivity (Wildman–Crippen MR) is 120 cm³/mol. The fourth-order valence-electron chi connectivity index (χ4n) is 4.39. The van der Waals surface area contributed by atoms with E-state index in [1.807, 2.05) is 19.1 Å². The third-order valence-corrected chi connectivity index (χ3v) is 6.17. The van der Waals surface area contributed by atoms with E-state index in [0.29, 0.717) is 22.6 Å². The smallest absolute Gasteiger partial charge is 0.200 e. The van der Waals surface area contributed by atoms with Crippen molar-refractivity contribution in [1.82, 2.24) is 0 Å². The van der Waals surface area contributed by atoms with Crippen LogP contribution in [0.2, 0.25) is 0 Å². The van der Waals surface area contributed by atoms with Crippen LogP contribution in [-0.2, 0) is 0 Å². The van der Waals surface area contributed by atoms with E-state index in [1.165, 1.54) is 18.2 Å². The molecule has 0 saturated carbocycles. The molecule has 0 aromatic heterocycles. The molecule has 0 fully saturated rings. The lowest BCUT2D eigenvalue weighted by molar-refractivity contribution is 0.243. The van der Waals surface area contributed by atoms with E-state index in [9.17, 15) is 13.9 Å². The molecule has 3 atom stereocenters. The molecule has 0 aliphatic heterocycles. The summed E-state index contributed by atoms with van der Waals surface area (Å²) in [6.45, 7) is 1.98. The highest BCUT2D eigenvalue weighted by molar-refractivity contribution is 5.76. The number of allylic oxidation sites excluding steroid dienone is 8. The number of aromatic hydroxyl groups is 1. The van der Waals surface area contributed by atoms with Crippen LogP contribution in [0.3, 0.4) is 0 Å². The van der Waals surface area contributed by atoms with E-state index >= 15 is 8.78 Å². The number of halogens is 4. The first-order chi connectivity index (χ1) is 15.4. The van der Waals surface area contributed by atoms with Crippen molar-refractivity contribution in [1.29, 1.82) is 0 Å². The van der Waals surface area contributed by atoms with Gasteiger partial charge in [-0.05, 0) is 72.1 Å². The summed E-state index contributed by atoms with van der Waals surface area (Å²) in [5, 5.41) is 9.28. The normalized spacial score (nSPS) is 23.7. The molecule has 2 aliphatic rings. The Morgan fingerprint density at radius 2 is 1.53 bits per heavy atom. The van der Waals surface area contributed by atoms with Crippen LogP contribution < -0.4 is 0 Å². The molecule has 32 heavy (non-hydrogen) atoms. The van der Waals surface area contributed by atoms with Crippen molar-refractivity contribution in [3.63, 3.8) is 0 Å². The van der Waals surface area contributed by atoms with E-state index in [-0.39, 0.29) is 11.1 Å². The first-order valence-electron chi connectivity index (χ1n) is 10.7. The van der Waals surface area contributed by atoms with Gasteiger partial charge in [-0.3, -0.25) is 0 Å². The molecule has 4 rings (SSSR count). The first kappa shape index (κ1) is 22.1. The molecule has 0 bridgehead atoms. The molecule has 1 N–H and O–H groups in total. The average molecular weight is 440 g/mol. The molecule has 5 heteroatoms. The molecule has 0 radical (unpaired) electrons. The van der Waals surface area contributed by atoms with Gasteiger partial charge in [-0.2, -0.15) is 4.39 Å². The predicted octanol–water partition coefficient (Wildman–Crippen LogP) is 7.64. The molecular formula is C27H24F4O. The molecule has 2 aromatic rings. The second-order valence-electron chi connectivity index (χ2n) is 8.17. The highest BCUT2D eigenvalue weighted by Gasteiger charge is 2.33. The van der Waals surface area contributed by atoms with Crippen LogP contribution in [-0.4, -0.2) is 17.4 Å². The summed E-state index contributed by atoms with van der Waals surface area (Å²) in [6, 6.07) is 8.51. The van der Waals surface area contributed by atoms with Gasteiger partial charge in [-0.1, -0.05) is 54.6 Å². The molecule has 2 aliphatic carbocycles. The van der Waals surface area contributed by atoms with Crippen LogP contribution in [0.15, 0.2) is 77.9 Å². The second kappa shape index (κ2) is 9.19. The van der Waals surface area contributed by atoms with Crippen molar-refractivity contribution >= 4 is 5.57 Å². The van der Waals surface area contributed by atoms with Gasteiger partial charge in [0.15, 0.2) is 23.9 Å². The van der Waals surface area contributed by atoms with Crippen LogP contribution in [0, 0.1) is 17.6 Å². The summed E-state index contributed by atoms with van der Waals surface area (Å²) in [6.07, 6.45) is 8.35. The fourth-order valence-corrected chi connectivity index (χ4v) is 4.39. The first-order valence-corrected chi connectivity index (χ1v) is 10.7. The van der Waals surface area contributed by atoms with Crippen LogP contribution in [0.1, 0.15) is 31.7 Å². The molecule has 166 valence electrons. The Balaban J connectivity index is 1.59. The van der Waals surface area contributed by atoms with Gasteiger partial charge in [0.1, 0.15) is 0 Å². The Bertz CT molecular complexity index is 1130. The lowest BCUT2D eigenvalue weighted by atomic mass is 9.81. The maximum Gasteiger partial charge on any atom is 0.200 e. The third-order valence-electron chi connectivity index (χ3n) is 6.17. The zero-order valence-electron chi connectivity index (χ0n) is 17.7. The van der Waals surface area contributed by atoms with Gasteiger partial charge < -0.3 is 5.11 Å². The zero-order valence-corrected chi connectivity index (χ0v) is 17.7. The maximum absolute atomic E-state index is 15.1. The SMILES string of the molecule is C/C=C/C1CC=C(C2=CC=C(c3ccc(-c4ccc(O)c(F)c4F)cc3)C(F)C2F)CC1. The van der Waals surface area contributed by atoms with Gasteiger partial charge in [0.05, 0.1) is 0 Å². The monoisotopic (exact) mass is 440 g/mol. The van der Waals surface area contributed by atoms with E-state index in [2.05, 4.69) is 6.08 Å². The number of rotatable bonds is 4. The van der Waals surface area contributed by atoms with Crippen molar-refractivity contribution < 1.29 is 22.7 Å². The van der Waals surface area contributed by atoms with E-state index in [0.717, 1.165) is 30.9 Å². The number of phenols is 1. The highest BCUT2D eigenvalue weighted by Crippen LogP contribution is 2.39. The molecule has 2 aromatic carbocycles. The van der Waals surface area contributed by atoms with Crippen molar-refractivity contribution in [2.75, 3.05) is 0 Å². The van der Waals surface area contributed by atoms with Crippen LogP contribution in [0.25, 0.3) is 16.7 Å². The summed E-state index contributed by atoms with van der Waals surface area (Å²) in [4.78, 5) is 0. The Hall–Kier alpha value is -3.08. The zero-order chi connectivity index (χ0) is 22.8.